The highest BCUT2D eigenvalue weighted by Gasteiger charge is 2.18. The van der Waals surface area contributed by atoms with E-state index in [4.69, 9.17) is 5.11 Å². The van der Waals surface area contributed by atoms with Gasteiger partial charge in [-0.05, 0) is 36.2 Å². The van der Waals surface area contributed by atoms with Crippen molar-refractivity contribution in [2.75, 3.05) is 11.9 Å². The molecule has 0 radical (unpaired) electrons. The van der Waals surface area contributed by atoms with Crippen LogP contribution in [0.5, 0.6) is 0 Å². The number of aliphatic hydroxyl groups excluding tert-OH is 1. The normalized spacial score (nSPS) is 11.9. The summed E-state index contributed by atoms with van der Waals surface area (Å²) in [6.45, 7) is 8.35. The fourth-order valence-corrected chi connectivity index (χ4v) is 1.84. The van der Waals surface area contributed by atoms with Gasteiger partial charge in [0, 0.05) is 24.1 Å². The highest BCUT2D eigenvalue weighted by molar-refractivity contribution is 9.10. The number of hydrogen-bond acceptors (Lipinski definition) is 4. The van der Waals surface area contributed by atoms with Crippen molar-refractivity contribution >= 4 is 21.7 Å². The van der Waals surface area contributed by atoms with Gasteiger partial charge in [-0.3, -0.25) is 0 Å². The summed E-state index contributed by atoms with van der Waals surface area (Å²) < 4.78 is 0.776. The molecule has 0 saturated heterocycles. The maximum Gasteiger partial charge on any atom is 0.134 e. The Bertz CT molecular complexity index is 380. The summed E-state index contributed by atoms with van der Waals surface area (Å²) >= 11 is 3.39. The van der Waals surface area contributed by atoms with Gasteiger partial charge >= 0.3 is 0 Å². The lowest BCUT2D eigenvalue weighted by molar-refractivity contribution is 0.260. The highest BCUT2D eigenvalue weighted by atomic mass is 79.9. The number of anilines is 1. The summed E-state index contributed by atoms with van der Waals surface area (Å²) in [7, 11) is 0. The molecule has 0 aliphatic heterocycles. The number of halogens is 1. The zero-order valence-electron chi connectivity index (χ0n) is 10.8. The molecule has 0 aromatic carbocycles. The fraction of sp³-hybridized carbons (Fsp3) is 0.667. The van der Waals surface area contributed by atoms with Crippen molar-refractivity contribution in [3.63, 3.8) is 0 Å². The molecule has 0 aliphatic rings. The van der Waals surface area contributed by atoms with E-state index in [2.05, 4.69) is 45.1 Å². The molecular formula is C12H20BrN3O. The van der Waals surface area contributed by atoms with Gasteiger partial charge in [-0.1, -0.05) is 13.8 Å². The first-order chi connectivity index (χ1) is 7.84. The quantitative estimate of drug-likeness (QED) is 0.821. The van der Waals surface area contributed by atoms with Crippen LogP contribution in [0.4, 0.5) is 5.82 Å². The summed E-state index contributed by atoms with van der Waals surface area (Å²) in [6, 6.07) is 1.85. The van der Waals surface area contributed by atoms with E-state index in [0.717, 1.165) is 16.2 Å². The van der Waals surface area contributed by atoms with Gasteiger partial charge in [0.15, 0.2) is 0 Å². The van der Waals surface area contributed by atoms with Gasteiger partial charge in [0.1, 0.15) is 16.2 Å². The van der Waals surface area contributed by atoms with Crippen molar-refractivity contribution in [1.29, 1.82) is 0 Å². The van der Waals surface area contributed by atoms with Crippen molar-refractivity contribution in [3.05, 3.63) is 16.5 Å². The summed E-state index contributed by atoms with van der Waals surface area (Å²) in [5.74, 6) is 1.88. The van der Waals surface area contributed by atoms with E-state index in [1.54, 1.807) is 0 Å². The molecule has 1 heterocycles. The van der Waals surface area contributed by atoms with Crippen LogP contribution in [-0.4, -0.2) is 27.2 Å². The van der Waals surface area contributed by atoms with Gasteiger partial charge in [0.25, 0.3) is 0 Å². The van der Waals surface area contributed by atoms with Crippen molar-refractivity contribution in [2.45, 2.75) is 45.6 Å². The number of nitrogens with zero attached hydrogens (tertiary/aromatic N) is 2. The van der Waals surface area contributed by atoms with Crippen LogP contribution in [0, 0.1) is 0 Å². The second-order valence-electron chi connectivity index (χ2n) is 5.07. The maximum atomic E-state index is 9.00. The van der Waals surface area contributed by atoms with E-state index in [9.17, 15) is 0 Å². The van der Waals surface area contributed by atoms with E-state index in [1.165, 1.54) is 0 Å². The van der Waals surface area contributed by atoms with E-state index in [0.29, 0.717) is 6.42 Å². The lowest BCUT2D eigenvalue weighted by Gasteiger charge is -2.26. The molecule has 0 fully saturated rings. The molecule has 0 unspecified atom stereocenters. The zero-order chi connectivity index (χ0) is 13.1. The second kappa shape index (κ2) is 5.78. The van der Waals surface area contributed by atoms with Crippen molar-refractivity contribution in [2.24, 2.45) is 0 Å². The molecule has 2 N–H and O–H groups in total. The van der Waals surface area contributed by atoms with Crippen LogP contribution in [0.3, 0.4) is 0 Å². The predicted molar refractivity (Wildman–Crippen MR) is 73.2 cm³/mol. The van der Waals surface area contributed by atoms with Crippen LogP contribution >= 0.6 is 15.9 Å². The van der Waals surface area contributed by atoms with Crippen molar-refractivity contribution < 1.29 is 5.11 Å². The van der Waals surface area contributed by atoms with E-state index >= 15 is 0 Å². The Hall–Kier alpha value is -0.680. The Kier molecular flexibility index (Phi) is 4.89. The minimum Gasteiger partial charge on any atom is -0.396 e. The molecule has 17 heavy (non-hydrogen) atoms. The second-order valence-corrected chi connectivity index (χ2v) is 5.88. The molecule has 96 valence electrons. The third kappa shape index (κ3) is 4.60. The summed E-state index contributed by atoms with van der Waals surface area (Å²) in [5, 5.41) is 12.3. The SMILES string of the molecule is CC(C)c1nc(Br)cc(NC(C)(C)CCO)n1. The Balaban J connectivity index is 2.91. The molecule has 1 aromatic rings. The molecule has 0 saturated carbocycles. The summed E-state index contributed by atoms with van der Waals surface area (Å²) in [4.78, 5) is 8.79. The van der Waals surface area contributed by atoms with E-state index < -0.39 is 0 Å². The van der Waals surface area contributed by atoms with Gasteiger partial charge in [-0.2, -0.15) is 0 Å². The van der Waals surface area contributed by atoms with Gasteiger partial charge in [-0.15, -0.1) is 0 Å². The molecule has 0 spiro atoms. The largest absolute Gasteiger partial charge is 0.396 e. The first kappa shape index (κ1) is 14.4. The number of nitrogens with one attached hydrogen (secondary N) is 1. The first-order valence-corrected chi connectivity index (χ1v) is 6.57. The molecule has 1 rings (SSSR count). The minimum atomic E-state index is -0.184. The Morgan fingerprint density at radius 3 is 2.59 bits per heavy atom. The zero-order valence-corrected chi connectivity index (χ0v) is 12.4. The molecular weight excluding hydrogens is 282 g/mol. The van der Waals surface area contributed by atoms with Gasteiger partial charge in [0.05, 0.1) is 0 Å². The lowest BCUT2D eigenvalue weighted by atomic mass is 10.0. The van der Waals surface area contributed by atoms with Crippen LogP contribution in [0.1, 0.15) is 45.9 Å². The summed E-state index contributed by atoms with van der Waals surface area (Å²) in [6.07, 6.45) is 0.672. The lowest BCUT2D eigenvalue weighted by Crippen LogP contribution is -2.32. The van der Waals surface area contributed by atoms with Gasteiger partial charge in [0.2, 0.25) is 0 Å². The number of rotatable bonds is 5. The molecule has 5 heteroatoms. The van der Waals surface area contributed by atoms with Gasteiger partial charge < -0.3 is 10.4 Å². The monoisotopic (exact) mass is 301 g/mol. The first-order valence-electron chi connectivity index (χ1n) is 5.77. The Morgan fingerprint density at radius 2 is 2.06 bits per heavy atom. The molecule has 0 bridgehead atoms. The smallest absolute Gasteiger partial charge is 0.134 e. The molecule has 4 nitrogen and oxygen atoms in total. The van der Waals surface area contributed by atoms with Crippen LogP contribution in [0.2, 0.25) is 0 Å². The number of hydrogen-bond donors (Lipinski definition) is 2. The Labute approximate surface area is 111 Å². The van der Waals surface area contributed by atoms with Crippen molar-refractivity contribution in [3.8, 4) is 0 Å². The van der Waals surface area contributed by atoms with Crippen LogP contribution in [0.15, 0.2) is 10.7 Å². The number of aromatic nitrogens is 2. The van der Waals surface area contributed by atoms with E-state index in [-0.39, 0.29) is 18.1 Å². The predicted octanol–water partition coefficient (Wildman–Crippen LogP) is 2.94. The maximum absolute atomic E-state index is 9.00. The molecule has 0 aliphatic carbocycles. The average Bonchev–Trinajstić information content (AvgIpc) is 2.15. The minimum absolute atomic E-state index is 0.156. The molecule has 0 amide bonds. The van der Waals surface area contributed by atoms with Crippen molar-refractivity contribution in [1.82, 2.24) is 9.97 Å². The Morgan fingerprint density at radius 1 is 1.41 bits per heavy atom. The topological polar surface area (TPSA) is 58.0 Å². The molecule has 1 aromatic heterocycles. The fourth-order valence-electron chi connectivity index (χ4n) is 1.45. The highest BCUT2D eigenvalue weighted by Crippen LogP contribution is 2.21. The standard InChI is InChI=1S/C12H20BrN3O/c1-8(2)11-14-9(13)7-10(15-11)16-12(3,4)5-6-17/h7-8,17H,5-6H2,1-4H3,(H,14,15,16). The van der Waals surface area contributed by atoms with E-state index in [1.807, 2.05) is 19.9 Å². The summed E-state index contributed by atoms with van der Waals surface area (Å²) in [5.41, 5.74) is -0.184. The third-order valence-corrected chi connectivity index (χ3v) is 2.84. The van der Waals surface area contributed by atoms with Gasteiger partial charge in [-0.25, -0.2) is 9.97 Å². The van der Waals surface area contributed by atoms with Crippen LogP contribution < -0.4 is 5.32 Å². The number of aliphatic hydroxyl groups is 1. The molecule has 0 atom stereocenters. The van der Waals surface area contributed by atoms with Crippen LogP contribution in [-0.2, 0) is 0 Å². The van der Waals surface area contributed by atoms with Crippen LogP contribution in [0.25, 0.3) is 0 Å². The average molecular weight is 302 g/mol. The third-order valence-electron chi connectivity index (χ3n) is 2.43.